The largest absolute Gasteiger partial charge is 0.323 e. The molecule has 1 N–H and O–H groups in total. The second kappa shape index (κ2) is 26.7. The molecule has 0 aromatic rings. The summed E-state index contributed by atoms with van der Waals surface area (Å²) in [7, 11) is 3.75. The summed E-state index contributed by atoms with van der Waals surface area (Å²) in [6.45, 7) is 17.4. The molecule has 0 aromatic carbocycles. The highest BCUT2D eigenvalue weighted by molar-refractivity contribution is 14.0. The molecule has 0 radical (unpaired) electrons. The Hall–Kier alpha value is 1.49. The van der Waals surface area contributed by atoms with E-state index >= 15 is 0 Å². The van der Waals surface area contributed by atoms with Crippen LogP contribution in [0.1, 0.15) is 55.4 Å². The summed E-state index contributed by atoms with van der Waals surface area (Å²) in [6.07, 6.45) is 1.50. The van der Waals surface area contributed by atoms with Gasteiger partial charge >= 0.3 is 0 Å². The lowest BCUT2D eigenvalue weighted by Gasteiger charge is -2.45. The first kappa shape index (κ1) is 40.2. The highest BCUT2D eigenvalue weighted by Gasteiger charge is 2.38. The summed E-state index contributed by atoms with van der Waals surface area (Å²) in [6, 6.07) is 0. The Labute approximate surface area is 202 Å². The minimum absolute atomic E-state index is 0. The van der Waals surface area contributed by atoms with Gasteiger partial charge in [0.2, 0.25) is 0 Å². The fourth-order valence-corrected chi connectivity index (χ4v) is 2.87. The highest BCUT2D eigenvalue weighted by Crippen LogP contribution is 2.44. The molecule has 152 valence electrons. The predicted molar refractivity (Wildman–Crippen MR) is 140 cm³/mol. The molecule has 0 bridgehead atoms. The van der Waals surface area contributed by atoms with Crippen molar-refractivity contribution >= 4 is 84.5 Å². The highest BCUT2D eigenvalue weighted by atomic mass is 127. The molecule has 6 heteroatoms. The molecule has 1 aliphatic carbocycles. The Morgan fingerprint density at radius 1 is 0.542 bits per heavy atom. The monoisotopic (exact) mass is 685 g/mol. The third-order valence-corrected chi connectivity index (χ3v) is 4.98. The summed E-state index contributed by atoms with van der Waals surface area (Å²) < 4.78 is 0. The molecule has 0 heterocycles. The van der Waals surface area contributed by atoms with Crippen molar-refractivity contribution in [2.75, 3.05) is 14.1 Å². The zero-order chi connectivity index (χ0) is 17.6. The van der Waals surface area contributed by atoms with Gasteiger partial charge in [0, 0.05) is 0 Å². The van der Waals surface area contributed by atoms with Crippen molar-refractivity contribution < 1.29 is 9.59 Å². The van der Waals surface area contributed by atoms with Crippen LogP contribution < -0.4 is 5.32 Å². The van der Waals surface area contributed by atoms with E-state index in [-0.39, 0.29) is 71.9 Å². The Balaban J connectivity index is -0.0000000579. The normalized spacial score (nSPS) is 29.6. The Morgan fingerprint density at radius 2 is 0.583 bits per heavy atom. The molecular formula is C18H42I3NO2. The molecule has 0 spiro atoms. The first-order valence-electron chi connectivity index (χ1n) is 8.09. The minimum atomic E-state index is 0. The molecular weight excluding hydrogens is 643 g/mol. The van der Waals surface area contributed by atoms with Gasteiger partial charge in [-0.2, -0.15) is 0 Å². The number of rotatable bonds is 0. The lowest BCUT2D eigenvalue weighted by molar-refractivity contribution is -0.106. The van der Waals surface area contributed by atoms with E-state index in [9.17, 15) is 0 Å². The Kier molecular flexibility index (Phi) is 44.8. The maximum Gasteiger partial charge on any atom is 0.116 e. The van der Waals surface area contributed by atoms with Gasteiger partial charge in [-0.15, -0.1) is 71.9 Å². The first-order valence-corrected chi connectivity index (χ1v) is 8.09. The number of hydrogen-bond donors (Lipinski definition) is 1. The van der Waals surface area contributed by atoms with Crippen LogP contribution in [0.15, 0.2) is 0 Å². The van der Waals surface area contributed by atoms with E-state index in [1.54, 1.807) is 0 Å². The molecule has 1 saturated carbocycles. The van der Waals surface area contributed by atoms with Crippen molar-refractivity contribution in [1.82, 2.24) is 5.32 Å². The maximum atomic E-state index is 8.81. The van der Waals surface area contributed by atoms with E-state index in [0.717, 1.165) is 48.1 Å². The van der Waals surface area contributed by atoms with Gasteiger partial charge in [-0.05, 0) is 63.5 Å². The Bertz CT molecular complexity index is 192. The third-order valence-electron chi connectivity index (χ3n) is 4.98. The van der Waals surface area contributed by atoms with Gasteiger partial charge in [-0.1, -0.05) is 41.5 Å². The van der Waals surface area contributed by atoms with Crippen molar-refractivity contribution in [2.45, 2.75) is 55.4 Å². The summed E-state index contributed by atoms with van der Waals surface area (Å²) in [5.74, 6) is 5.45. The maximum absolute atomic E-state index is 8.81. The average molecular weight is 685 g/mol. The van der Waals surface area contributed by atoms with Crippen molar-refractivity contribution in [3.05, 3.63) is 0 Å². The number of aldehydes is 2. The van der Waals surface area contributed by atoms with Crippen LogP contribution >= 0.6 is 71.9 Å². The van der Waals surface area contributed by atoms with Crippen molar-refractivity contribution in [3.8, 4) is 0 Å². The lowest BCUT2D eigenvalue weighted by Crippen LogP contribution is -2.39. The summed E-state index contributed by atoms with van der Waals surface area (Å²) in [5.41, 5.74) is 0. The molecule has 3 nitrogen and oxygen atoms in total. The second-order valence-electron chi connectivity index (χ2n) is 6.13. The molecule has 0 unspecified atom stereocenters. The van der Waals surface area contributed by atoms with Crippen LogP contribution in [0.5, 0.6) is 0 Å². The molecule has 0 atom stereocenters. The van der Waals surface area contributed by atoms with Crippen LogP contribution in [0.2, 0.25) is 0 Å². The zero-order valence-electron chi connectivity index (χ0n) is 17.2. The van der Waals surface area contributed by atoms with E-state index in [1.165, 1.54) is 13.8 Å². The second-order valence-corrected chi connectivity index (χ2v) is 6.13. The smallest absolute Gasteiger partial charge is 0.116 e. The fourth-order valence-electron chi connectivity index (χ4n) is 2.87. The molecule has 1 aliphatic rings. The van der Waals surface area contributed by atoms with Gasteiger partial charge in [0.15, 0.2) is 0 Å². The number of carbonyl (C=O) groups excluding carboxylic acids is 2. The quantitative estimate of drug-likeness (QED) is 0.255. The van der Waals surface area contributed by atoms with Crippen LogP contribution in [0, 0.1) is 35.5 Å². The van der Waals surface area contributed by atoms with Crippen LogP contribution in [-0.2, 0) is 9.59 Å². The minimum Gasteiger partial charge on any atom is -0.323 e. The SMILES string of the molecule is CC1C(C)C(C)C(C)C(C)C1C.CC=O.CC=O.CNC.I.I.I. The Morgan fingerprint density at radius 3 is 0.625 bits per heavy atom. The van der Waals surface area contributed by atoms with Gasteiger partial charge in [0.05, 0.1) is 0 Å². The number of nitrogens with one attached hydrogen (secondary N) is 1. The van der Waals surface area contributed by atoms with Crippen LogP contribution in [0.25, 0.3) is 0 Å². The first-order chi connectivity index (χ1) is 9.71. The van der Waals surface area contributed by atoms with Gasteiger partial charge in [0.25, 0.3) is 0 Å². The van der Waals surface area contributed by atoms with Crippen LogP contribution in [0.3, 0.4) is 0 Å². The summed E-state index contributed by atoms with van der Waals surface area (Å²) in [4.78, 5) is 17.6. The molecule has 0 aliphatic heterocycles. The number of hydrogen-bond acceptors (Lipinski definition) is 3. The molecule has 0 saturated heterocycles. The van der Waals surface area contributed by atoms with Crippen molar-refractivity contribution in [1.29, 1.82) is 0 Å². The van der Waals surface area contributed by atoms with E-state index in [1.807, 2.05) is 14.1 Å². The van der Waals surface area contributed by atoms with E-state index < -0.39 is 0 Å². The van der Waals surface area contributed by atoms with E-state index in [0.29, 0.717) is 0 Å². The molecule has 0 aromatic heterocycles. The zero-order valence-corrected chi connectivity index (χ0v) is 24.2. The molecule has 0 amide bonds. The average Bonchev–Trinajstić information content (AvgIpc) is 2.44. The number of halogens is 3. The van der Waals surface area contributed by atoms with E-state index in [2.05, 4.69) is 46.9 Å². The predicted octanol–water partition coefficient (Wildman–Crippen LogP) is 5.92. The number of carbonyl (C=O) groups is 2. The fraction of sp³-hybridized carbons (Fsp3) is 0.889. The van der Waals surface area contributed by atoms with Crippen molar-refractivity contribution in [3.63, 3.8) is 0 Å². The van der Waals surface area contributed by atoms with E-state index in [4.69, 9.17) is 9.59 Å². The van der Waals surface area contributed by atoms with Gasteiger partial charge in [-0.3, -0.25) is 0 Å². The topological polar surface area (TPSA) is 46.2 Å². The third kappa shape index (κ3) is 18.3. The molecule has 1 rings (SSSR count). The van der Waals surface area contributed by atoms with Gasteiger partial charge in [-0.25, -0.2) is 0 Å². The summed E-state index contributed by atoms with van der Waals surface area (Å²) in [5, 5.41) is 2.75. The summed E-state index contributed by atoms with van der Waals surface area (Å²) >= 11 is 0. The molecule has 24 heavy (non-hydrogen) atoms. The van der Waals surface area contributed by atoms with Gasteiger partial charge in [0.1, 0.15) is 12.6 Å². The van der Waals surface area contributed by atoms with Crippen LogP contribution in [-0.4, -0.2) is 26.7 Å². The molecule has 1 fully saturated rings. The van der Waals surface area contributed by atoms with Gasteiger partial charge < -0.3 is 14.9 Å². The standard InChI is InChI=1S/C12H24.C2H7N.2C2H4O.3HI/c1-7-8(2)10(4)12(6)11(5)9(7)3;1-3-2;2*1-2-3;;;/h7-12H,1-6H3;3H,1-2H3;2*2H,1H3;3*1H. The van der Waals surface area contributed by atoms with Crippen molar-refractivity contribution in [2.24, 2.45) is 35.5 Å². The van der Waals surface area contributed by atoms with Crippen LogP contribution in [0.4, 0.5) is 0 Å². The lowest BCUT2D eigenvalue weighted by atomic mass is 9.60.